The van der Waals surface area contributed by atoms with Gasteiger partial charge in [0.05, 0.1) is 33.1 Å². The summed E-state index contributed by atoms with van der Waals surface area (Å²) < 4.78 is 7.70. The fourth-order valence-corrected chi connectivity index (χ4v) is 8.21. The monoisotopic (exact) mass is 512 g/mol. The molecule has 0 atom stereocenters. The number of para-hydroxylation sites is 4. The van der Waals surface area contributed by atoms with E-state index in [4.69, 9.17) is 0 Å². The Kier molecular flexibility index (Phi) is 3.59. The van der Waals surface area contributed by atoms with E-state index in [9.17, 15) is 0 Å². The zero-order valence-electron chi connectivity index (χ0n) is 20.8. The number of aromatic nitrogens is 2. The third-order valence-corrected chi connectivity index (χ3v) is 9.77. The van der Waals surface area contributed by atoms with Gasteiger partial charge in [0, 0.05) is 52.5 Å². The number of fused-ring (bicyclic) bond motifs is 13. The highest BCUT2D eigenvalue weighted by atomic mass is 32.1. The predicted molar refractivity (Wildman–Crippen MR) is 169 cm³/mol. The average Bonchev–Trinajstić information content (AvgIpc) is 3.63. The third kappa shape index (κ3) is 2.38. The molecule has 0 aliphatic carbocycles. The summed E-state index contributed by atoms with van der Waals surface area (Å²) in [6.45, 7) is 0. The predicted octanol–water partition coefficient (Wildman–Crippen LogP) is 10.3. The van der Waals surface area contributed by atoms with Crippen molar-refractivity contribution in [3.63, 3.8) is 0 Å². The molecule has 0 saturated heterocycles. The first-order valence-corrected chi connectivity index (χ1v) is 14.2. The summed E-state index contributed by atoms with van der Waals surface area (Å²) in [5, 5.41) is 10.4. The molecule has 4 aromatic heterocycles. The number of thiophene rings is 1. The lowest BCUT2D eigenvalue weighted by Gasteiger charge is -2.11. The second-order valence-electron chi connectivity index (χ2n) is 10.5. The molecule has 0 fully saturated rings. The van der Waals surface area contributed by atoms with Crippen LogP contribution in [0.4, 0.5) is 0 Å². The highest BCUT2D eigenvalue weighted by Gasteiger charge is 2.19. The van der Waals surface area contributed by atoms with Crippen molar-refractivity contribution in [3.8, 4) is 0 Å². The Hall–Kier alpha value is -4.86. The van der Waals surface area contributed by atoms with Crippen LogP contribution in [0.5, 0.6) is 0 Å². The van der Waals surface area contributed by atoms with E-state index in [-0.39, 0.29) is 0 Å². The highest BCUT2D eigenvalue weighted by molar-refractivity contribution is 7.25. The first kappa shape index (κ1) is 20.1. The van der Waals surface area contributed by atoms with Crippen molar-refractivity contribution in [2.24, 2.45) is 0 Å². The van der Waals surface area contributed by atoms with E-state index in [1.807, 2.05) is 11.3 Å². The molecule has 0 aliphatic heterocycles. The Bertz CT molecular complexity index is 2660. The Morgan fingerprint density at radius 3 is 1.64 bits per heavy atom. The van der Waals surface area contributed by atoms with E-state index in [0.717, 1.165) is 0 Å². The van der Waals surface area contributed by atoms with Crippen LogP contribution >= 0.6 is 11.3 Å². The molecule has 0 amide bonds. The number of hydrogen-bond donors (Lipinski definition) is 0. The normalized spacial score (nSPS) is 12.6. The molecule has 0 radical (unpaired) electrons. The minimum Gasteiger partial charge on any atom is -0.307 e. The van der Waals surface area contributed by atoms with Gasteiger partial charge in [-0.05, 0) is 36.4 Å². The first-order chi connectivity index (χ1) is 19.4. The van der Waals surface area contributed by atoms with Crippen molar-refractivity contribution in [1.29, 1.82) is 0 Å². The van der Waals surface area contributed by atoms with Gasteiger partial charge in [0.15, 0.2) is 0 Å². The Balaban J connectivity index is 1.67. The van der Waals surface area contributed by atoms with E-state index >= 15 is 0 Å². The van der Waals surface area contributed by atoms with Crippen molar-refractivity contribution in [1.82, 2.24) is 8.80 Å². The van der Waals surface area contributed by atoms with Crippen LogP contribution < -0.4 is 0 Å². The summed E-state index contributed by atoms with van der Waals surface area (Å²) in [7, 11) is 0. The van der Waals surface area contributed by atoms with Gasteiger partial charge in [-0.3, -0.25) is 0 Å². The van der Waals surface area contributed by atoms with Gasteiger partial charge in [-0.2, -0.15) is 0 Å². The van der Waals surface area contributed by atoms with Crippen LogP contribution in [0.1, 0.15) is 0 Å². The molecule has 10 rings (SSSR count). The zero-order chi connectivity index (χ0) is 25.2. The maximum absolute atomic E-state index is 2.53. The Morgan fingerprint density at radius 1 is 0.333 bits per heavy atom. The summed E-state index contributed by atoms with van der Waals surface area (Å²) in [6.07, 6.45) is 0. The van der Waals surface area contributed by atoms with E-state index in [1.54, 1.807) is 0 Å². The maximum Gasteiger partial charge on any atom is 0.0782 e. The lowest BCUT2D eigenvalue weighted by atomic mass is 10.0. The number of nitrogens with zero attached hydrogens (tertiary/aromatic N) is 2. The summed E-state index contributed by atoms with van der Waals surface area (Å²) in [5.74, 6) is 0. The second-order valence-corrected chi connectivity index (χ2v) is 11.6. The van der Waals surface area contributed by atoms with Gasteiger partial charge in [-0.25, -0.2) is 0 Å². The minimum atomic E-state index is 1.23. The van der Waals surface area contributed by atoms with Crippen molar-refractivity contribution in [2.45, 2.75) is 0 Å². The van der Waals surface area contributed by atoms with Gasteiger partial charge in [0.2, 0.25) is 0 Å². The van der Waals surface area contributed by atoms with E-state index in [1.165, 1.54) is 85.6 Å². The Morgan fingerprint density at radius 2 is 0.872 bits per heavy atom. The minimum absolute atomic E-state index is 1.23. The van der Waals surface area contributed by atoms with Crippen molar-refractivity contribution in [3.05, 3.63) is 121 Å². The number of benzene rings is 6. The number of hydrogen-bond acceptors (Lipinski definition) is 1. The standard InChI is InChI=1S/C36H20N2S/c1-4-15-29-21(9-1)24-12-7-13-26-27-20-34-28(23-11-3-6-18-33(23)39-34)19-32(27)38-30-16-5-2-10-22(30)25-14-8-17-31(36(25)38)37(29)35(24)26/h1-20H. The van der Waals surface area contributed by atoms with Crippen LogP contribution in [0, 0.1) is 0 Å². The SMILES string of the molecule is c1ccc2c(c1)sc1cc3c4cccc5c6ccccc6n(c6cccc7c8ccccc8n(c3cc12)c76)c54. The van der Waals surface area contributed by atoms with Gasteiger partial charge in [0.1, 0.15) is 0 Å². The molecule has 6 aromatic carbocycles. The van der Waals surface area contributed by atoms with Crippen molar-refractivity contribution in [2.75, 3.05) is 0 Å². The first-order valence-electron chi connectivity index (χ1n) is 13.4. The largest absolute Gasteiger partial charge is 0.307 e. The quantitative estimate of drug-likeness (QED) is 0.191. The van der Waals surface area contributed by atoms with Crippen molar-refractivity contribution >= 4 is 96.9 Å². The van der Waals surface area contributed by atoms with Crippen LogP contribution in [-0.2, 0) is 0 Å². The average molecular weight is 513 g/mol. The van der Waals surface area contributed by atoms with Gasteiger partial charge in [-0.15, -0.1) is 11.3 Å². The van der Waals surface area contributed by atoms with E-state index < -0.39 is 0 Å². The molecule has 180 valence electrons. The fourth-order valence-electron chi connectivity index (χ4n) is 7.08. The number of rotatable bonds is 0. The summed E-state index contributed by atoms with van der Waals surface area (Å²) >= 11 is 1.89. The molecule has 0 spiro atoms. The van der Waals surface area contributed by atoms with Crippen LogP contribution in [0.15, 0.2) is 121 Å². The van der Waals surface area contributed by atoms with Crippen LogP contribution in [0.3, 0.4) is 0 Å². The van der Waals surface area contributed by atoms with E-state index in [2.05, 4.69) is 130 Å². The lowest BCUT2D eigenvalue weighted by Crippen LogP contribution is -1.94. The van der Waals surface area contributed by atoms with Gasteiger partial charge in [0.25, 0.3) is 0 Å². The molecule has 4 heterocycles. The molecule has 3 heteroatoms. The smallest absolute Gasteiger partial charge is 0.0782 e. The topological polar surface area (TPSA) is 8.82 Å². The molecular formula is C36H20N2S. The van der Waals surface area contributed by atoms with Crippen LogP contribution in [0.2, 0.25) is 0 Å². The van der Waals surface area contributed by atoms with Gasteiger partial charge >= 0.3 is 0 Å². The van der Waals surface area contributed by atoms with E-state index in [0.29, 0.717) is 0 Å². The third-order valence-electron chi connectivity index (χ3n) is 8.64. The summed E-state index contributed by atoms with van der Waals surface area (Å²) in [6, 6.07) is 45.0. The highest BCUT2D eigenvalue weighted by Crippen LogP contribution is 2.43. The maximum atomic E-state index is 2.53. The Labute approximate surface area is 226 Å². The molecule has 0 unspecified atom stereocenters. The van der Waals surface area contributed by atoms with Crippen LogP contribution in [0.25, 0.3) is 85.6 Å². The van der Waals surface area contributed by atoms with Crippen LogP contribution in [-0.4, -0.2) is 8.80 Å². The molecular weight excluding hydrogens is 492 g/mol. The summed E-state index contributed by atoms with van der Waals surface area (Å²) in [5.41, 5.74) is 7.50. The molecule has 2 nitrogen and oxygen atoms in total. The van der Waals surface area contributed by atoms with Crippen molar-refractivity contribution < 1.29 is 0 Å². The van der Waals surface area contributed by atoms with Gasteiger partial charge in [-0.1, -0.05) is 84.9 Å². The second kappa shape index (κ2) is 6.96. The van der Waals surface area contributed by atoms with Gasteiger partial charge < -0.3 is 8.80 Å². The molecule has 10 aromatic rings. The fraction of sp³-hybridized carbons (Fsp3) is 0. The lowest BCUT2D eigenvalue weighted by molar-refractivity contribution is 1.30. The molecule has 0 aliphatic rings. The molecule has 0 N–H and O–H groups in total. The molecule has 39 heavy (non-hydrogen) atoms. The molecule has 0 saturated carbocycles. The molecule has 0 bridgehead atoms. The summed E-state index contributed by atoms with van der Waals surface area (Å²) in [4.78, 5) is 0. The zero-order valence-corrected chi connectivity index (χ0v) is 21.7.